The first-order valence-electron chi connectivity index (χ1n) is 6.36. The lowest BCUT2D eigenvalue weighted by Crippen LogP contribution is -2.27. The molecule has 1 aliphatic rings. The Labute approximate surface area is 113 Å². The van der Waals surface area contributed by atoms with Crippen molar-refractivity contribution in [1.82, 2.24) is 4.90 Å². The Morgan fingerprint density at radius 1 is 1.32 bits per heavy atom. The van der Waals surface area contributed by atoms with E-state index in [0.717, 1.165) is 43.1 Å². The molecule has 0 unspecified atom stereocenters. The average molecular weight is 264 g/mol. The molecule has 0 saturated carbocycles. The van der Waals surface area contributed by atoms with E-state index >= 15 is 0 Å². The number of hydrogen-bond donors (Lipinski definition) is 1. The molecule has 1 aromatic rings. The highest BCUT2D eigenvalue weighted by atomic mass is 16.5. The second kappa shape index (κ2) is 5.93. The Morgan fingerprint density at radius 3 is 2.42 bits per heavy atom. The number of primary amides is 1. The monoisotopic (exact) mass is 264 g/mol. The Morgan fingerprint density at radius 2 is 1.95 bits per heavy atom. The van der Waals surface area contributed by atoms with E-state index in [0.29, 0.717) is 0 Å². The molecule has 2 N–H and O–H groups in total. The Balaban J connectivity index is 2.05. The zero-order valence-corrected chi connectivity index (χ0v) is 11.4. The Hall–Kier alpha value is -1.75. The van der Waals surface area contributed by atoms with Gasteiger partial charge in [-0.3, -0.25) is 9.69 Å². The van der Waals surface area contributed by atoms with Crippen LogP contribution in [0.5, 0.6) is 11.5 Å². The van der Waals surface area contributed by atoms with Crippen molar-refractivity contribution in [2.45, 2.75) is 13.0 Å². The van der Waals surface area contributed by atoms with Crippen molar-refractivity contribution < 1.29 is 14.3 Å². The normalized spacial score (nSPS) is 19.4. The molecular formula is C14H20N2O3. The summed E-state index contributed by atoms with van der Waals surface area (Å²) in [6, 6.07) is 5.82. The van der Waals surface area contributed by atoms with Gasteiger partial charge in [0, 0.05) is 19.2 Å². The maximum atomic E-state index is 11.2. The van der Waals surface area contributed by atoms with Crippen LogP contribution in [0.2, 0.25) is 0 Å². The van der Waals surface area contributed by atoms with Crippen LogP contribution < -0.4 is 15.2 Å². The van der Waals surface area contributed by atoms with Crippen LogP contribution in [0.25, 0.3) is 0 Å². The molecule has 0 spiro atoms. The van der Waals surface area contributed by atoms with E-state index in [1.807, 2.05) is 18.2 Å². The number of carbonyl (C=O) groups is 1. The van der Waals surface area contributed by atoms with Crippen LogP contribution in [0.4, 0.5) is 0 Å². The van der Waals surface area contributed by atoms with Gasteiger partial charge >= 0.3 is 0 Å². The molecule has 1 heterocycles. The molecule has 1 atom stereocenters. The minimum atomic E-state index is -0.203. The van der Waals surface area contributed by atoms with Crippen molar-refractivity contribution >= 4 is 5.91 Å². The fourth-order valence-corrected chi connectivity index (χ4v) is 2.42. The maximum absolute atomic E-state index is 11.2. The first kappa shape index (κ1) is 13.7. The van der Waals surface area contributed by atoms with Crippen molar-refractivity contribution in [3.05, 3.63) is 23.8 Å². The molecule has 104 valence electrons. The number of methoxy groups -OCH3 is 2. The number of hydrogen-bond acceptors (Lipinski definition) is 4. The first-order chi connectivity index (χ1) is 9.12. The quantitative estimate of drug-likeness (QED) is 0.862. The molecule has 2 rings (SSSR count). The molecular weight excluding hydrogens is 244 g/mol. The van der Waals surface area contributed by atoms with Gasteiger partial charge in [0.25, 0.3) is 0 Å². The predicted octanol–water partition coefficient (Wildman–Crippen LogP) is 1.01. The second-order valence-corrected chi connectivity index (χ2v) is 4.84. The van der Waals surface area contributed by atoms with Gasteiger partial charge in [-0.15, -0.1) is 0 Å². The third-order valence-corrected chi connectivity index (χ3v) is 3.49. The average Bonchev–Trinajstić information content (AvgIpc) is 2.87. The van der Waals surface area contributed by atoms with E-state index in [9.17, 15) is 4.79 Å². The van der Waals surface area contributed by atoms with Gasteiger partial charge in [0.05, 0.1) is 20.1 Å². The van der Waals surface area contributed by atoms with Gasteiger partial charge in [-0.1, -0.05) is 0 Å². The Bertz CT molecular complexity index is 440. The molecule has 19 heavy (non-hydrogen) atoms. The zero-order valence-electron chi connectivity index (χ0n) is 11.4. The van der Waals surface area contributed by atoms with Gasteiger partial charge in [-0.25, -0.2) is 0 Å². The lowest BCUT2D eigenvalue weighted by Gasteiger charge is -2.16. The summed E-state index contributed by atoms with van der Waals surface area (Å²) in [6.07, 6.45) is 0.844. The van der Waals surface area contributed by atoms with E-state index in [-0.39, 0.29) is 11.8 Å². The number of amides is 1. The van der Waals surface area contributed by atoms with Crippen LogP contribution >= 0.6 is 0 Å². The SMILES string of the molecule is COc1cc(CN2CC[C@@H](C(N)=O)C2)cc(OC)c1. The number of carbonyl (C=O) groups excluding carboxylic acids is 1. The van der Waals surface area contributed by atoms with E-state index in [2.05, 4.69) is 4.90 Å². The molecule has 0 bridgehead atoms. The van der Waals surface area contributed by atoms with E-state index in [1.54, 1.807) is 14.2 Å². The van der Waals surface area contributed by atoms with Crippen LogP contribution in [-0.2, 0) is 11.3 Å². The van der Waals surface area contributed by atoms with E-state index in [1.165, 1.54) is 0 Å². The lowest BCUT2D eigenvalue weighted by atomic mass is 10.1. The number of benzene rings is 1. The summed E-state index contributed by atoms with van der Waals surface area (Å²) in [6.45, 7) is 2.40. The zero-order chi connectivity index (χ0) is 13.8. The minimum absolute atomic E-state index is 0.0208. The molecule has 1 fully saturated rings. The molecule has 5 heteroatoms. The molecule has 1 aromatic carbocycles. The predicted molar refractivity (Wildman–Crippen MR) is 72.1 cm³/mol. The number of rotatable bonds is 5. The molecule has 0 aliphatic carbocycles. The highest BCUT2D eigenvalue weighted by molar-refractivity contribution is 5.77. The fraction of sp³-hybridized carbons (Fsp3) is 0.500. The van der Waals surface area contributed by atoms with Crippen molar-refractivity contribution in [3.8, 4) is 11.5 Å². The van der Waals surface area contributed by atoms with Crippen molar-refractivity contribution in [1.29, 1.82) is 0 Å². The molecule has 1 saturated heterocycles. The summed E-state index contributed by atoms with van der Waals surface area (Å²) in [4.78, 5) is 13.4. The smallest absolute Gasteiger partial charge is 0.221 e. The molecule has 5 nitrogen and oxygen atoms in total. The number of ether oxygens (including phenoxy) is 2. The van der Waals surface area contributed by atoms with Gasteiger partial charge in [-0.2, -0.15) is 0 Å². The highest BCUT2D eigenvalue weighted by Gasteiger charge is 2.26. The fourth-order valence-electron chi connectivity index (χ4n) is 2.42. The number of nitrogens with zero attached hydrogens (tertiary/aromatic N) is 1. The third-order valence-electron chi connectivity index (χ3n) is 3.49. The number of nitrogens with two attached hydrogens (primary N) is 1. The summed E-state index contributed by atoms with van der Waals surface area (Å²) in [7, 11) is 3.27. The summed E-state index contributed by atoms with van der Waals surface area (Å²) < 4.78 is 10.5. The summed E-state index contributed by atoms with van der Waals surface area (Å²) in [5, 5.41) is 0. The lowest BCUT2D eigenvalue weighted by molar-refractivity contribution is -0.121. The number of likely N-dealkylation sites (tertiary alicyclic amines) is 1. The van der Waals surface area contributed by atoms with Crippen LogP contribution in [0, 0.1) is 5.92 Å². The first-order valence-corrected chi connectivity index (χ1v) is 6.36. The van der Waals surface area contributed by atoms with Crippen molar-refractivity contribution in [2.24, 2.45) is 11.7 Å². The van der Waals surface area contributed by atoms with Crippen LogP contribution in [0.3, 0.4) is 0 Å². The van der Waals surface area contributed by atoms with Crippen molar-refractivity contribution in [2.75, 3.05) is 27.3 Å². The van der Waals surface area contributed by atoms with E-state index in [4.69, 9.17) is 15.2 Å². The summed E-state index contributed by atoms with van der Waals surface area (Å²) in [5.74, 6) is 1.33. The molecule has 0 radical (unpaired) electrons. The standard InChI is InChI=1S/C14H20N2O3/c1-18-12-5-10(6-13(7-12)19-2)8-16-4-3-11(9-16)14(15)17/h5-7,11H,3-4,8-9H2,1-2H3,(H2,15,17)/t11-/m1/s1. The summed E-state index contributed by atoms with van der Waals surface area (Å²) >= 11 is 0. The minimum Gasteiger partial charge on any atom is -0.497 e. The van der Waals surface area contributed by atoms with Crippen LogP contribution in [-0.4, -0.2) is 38.1 Å². The van der Waals surface area contributed by atoms with Gasteiger partial charge in [0.2, 0.25) is 5.91 Å². The van der Waals surface area contributed by atoms with Crippen LogP contribution in [0.15, 0.2) is 18.2 Å². The van der Waals surface area contributed by atoms with Crippen LogP contribution in [0.1, 0.15) is 12.0 Å². The van der Waals surface area contributed by atoms with Gasteiger partial charge < -0.3 is 15.2 Å². The maximum Gasteiger partial charge on any atom is 0.221 e. The third kappa shape index (κ3) is 3.38. The highest BCUT2D eigenvalue weighted by Crippen LogP contribution is 2.25. The van der Waals surface area contributed by atoms with Gasteiger partial charge in [-0.05, 0) is 30.7 Å². The molecule has 1 aliphatic heterocycles. The van der Waals surface area contributed by atoms with Gasteiger partial charge in [0.1, 0.15) is 11.5 Å². The van der Waals surface area contributed by atoms with Crippen molar-refractivity contribution in [3.63, 3.8) is 0 Å². The Kier molecular flexibility index (Phi) is 4.27. The molecule has 0 aromatic heterocycles. The van der Waals surface area contributed by atoms with E-state index < -0.39 is 0 Å². The molecule has 1 amide bonds. The second-order valence-electron chi connectivity index (χ2n) is 4.84. The topological polar surface area (TPSA) is 64.8 Å². The van der Waals surface area contributed by atoms with Gasteiger partial charge in [0.15, 0.2) is 0 Å². The summed E-state index contributed by atoms with van der Waals surface area (Å²) in [5.41, 5.74) is 6.45. The largest absolute Gasteiger partial charge is 0.497 e.